The molecule has 0 heterocycles. The van der Waals surface area contributed by atoms with Crippen molar-refractivity contribution in [1.82, 2.24) is 4.90 Å². The first-order valence-corrected chi connectivity index (χ1v) is 11.6. The summed E-state index contributed by atoms with van der Waals surface area (Å²) in [6.07, 6.45) is 0. The van der Waals surface area contributed by atoms with Crippen LogP contribution in [0, 0.1) is 0 Å². The quantitative estimate of drug-likeness (QED) is 0.586. The van der Waals surface area contributed by atoms with Gasteiger partial charge in [-0.25, -0.2) is 8.42 Å². The first kappa shape index (κ1) is 22.2. The van der Waals surface area contributed by atoms with E-state index in [4.69, 9.17) is 0 Å². The van der Waals surface area contributed by atoms with Gasteiger partial charge in [0.05, 0.1) is 17.0 Å². The minimum absolute atomic E-state index is 0.221. The monoisotopic (exact) mass is 436 g/mol. The molecule has 0 bridgehead atoms. The molecule has 0 unspecified atom stereocenters. The van der Waals surface area contributed by atoms with E-state index in [1.807, 2.05) is 30.3 Å². The number of para-hydroxylation sites is 1. The zero-order valence-electron chi connectivity index (χ0n) is 17.2. The van der Waals surface area contributed by atoms with Crippen LogP contribution in [0.15, 0.2) is 84.9 Å². The molecule has 2 amide bonds. The second-order valence-electron chi connectivity index (χ2n) is 7.26. The third-order valence-electron chi connectivity index (χ3n) is 4.62. The van der Waals surface area contributed by atoms with Crippen LogP contribution in [0.5, 0.6) is 0 Å². The summed E-state index contributed by atoms with van der Waals surface area (Å²) in [6, 6.07) is 24.8. The van der Waals surface area contributed by atoms with Crippen molar-refractivity contribution in [2.45, 2.75) is 12.3 Å². The van der Waals surface area contributed by atoms with Crippen LogP contribution < -0.4 is 5.32 Å². The van der Waals surface area contributed by atoms with Crippen molar-refractivity contribution in [1.29, 1.82) is 0 Å². The summed E-state index contributed by atoms with van der Waals surface area (Å²) in [5, 5.41) is 2.59. The fraction of sp³-hybridized carbons (Fsp3) is 0.167. The van der Waals surface area contributed by atoms with Gasteiger partial charge in [0.2, 0.25) is 5.91 Å². The Morgan fingerprint density at radius 2 is 1.35 bits per heavy atom. The van der Waals surface area contributed by atoms with Gasteiger partial charge in [-0.15, -0.1) is 0 Å². The van der Waals surface area contributed by atoms with Gasteiger partial charge in [0.15, 0.2) is 9.84 Å². The molecule has 0 aromatic heterocycles. The average Bonchev–Trinajstić information content (AvgIpc) is 2.74. The maximum atomic E-state index is 12.9. The van der Waals surface area contributed by atoms with Crippen LogP contribution in [0.1, 0.15) is 21.5 Å². The number of carbonyl (C=O) groups is 2. The second kappa shape index (κ2) is 10.0. The number of sulfone groups is 1. The van der Waals surface area contributed by atoms with Gasteiger partial charge in [-0.3, -0.25) is 9.59 Å². The van der Waals surface area contributed by atoms with E-state index in [1.165, 1.54) is 0 Å². The molecule has 3 aromatic carbocycles. The Hall–Kier alpha value is -3.45. The number of nitrogens with one attached hydrogen (secondary N) is 1. The zero-order valence-corrected chi connectivity index (χ0v) is 18.0. The molecule has 0 aliphatic heterocycles. The number of rotatable bonds is 8. The molecule has 0 spiro atoms. The fourth-order valence-corrected chi connectivity index (χ4v) is 4.45. The van der Waals surface area contributed by atoms with Crippen molar-refractivity contribution in [3.05, 3.63) is 102 Å². The van der Waals surface area contributed by atoms with Gasteiger partial charge >= 0.3 is 0 Å². The molecule has 7 heteroatoms. The smallest absolute Gasteiger partial charge is 0.256 e. The van der Waals surface area contributed by atoms with Crippen molar-refractivity contribution >= 4 is 27.3 Å². The van der Waals surface area contributed by atoms with Gasteiger partial charge in [-0.2, -0.15) is 0 Å². The molecule has 0 fully saturated rings. The van der Waals surface area contributed by atoms with Crippen molar-refractivity contribution in [2.24, 2.45) is 0 Å². The Morgan fingerprint density at radius 1 is 0.806 bits per heavy atom. The number of nitrogens with zero attached hydrogens (tertiary/aromatic N) is 1. The number of carbonyl (C=O) groups excluding carboxylic acids is 2. The van der Waals surface area contributed by atoms with Crippen molar-refractivity contribution < 1.29 is 18.0 Å². The second-order valence-corrected chi connectivity index (χ2v) is 9.32. The van der Waals surface area contributed by atoms with Crippen molar-refractivity contribution in [3.8, 4) is 0 Å². The summed E-state index contributed by atoms with van der Waals surface area (Å²) in [5.74, 6) is -1.83. The summed E-state index contributed by atoms with van der Waals surface area (Å²) in [7, 11) is -1.97. The molecular formula is C24H24N2O4S. The molecule has 160 valence electrons. The molecule has 0 aliphatic carbocycles. The topological polar surface area (TPSA) is 83.6 Å². The first-order chi connectivity index (χ1) is 14.8. The molecule has 0 saturated heterocycles. The zero-order chi connectivity index (χ0) is 22.3. The SMILES string of the molecule is CN(Cc1ccccc1)C(=O)c1ccccc1NC(=O)CS(=O)(=O)Cc1ccccc1. The minimum Gasteiger partial charge on any atom is -0.337 e. The highest BCUT2D eigenvalue weighted by molar-refractivity contribution is 7.91. The van der Waals surface area contributed by atoms with Gasteiger partial charge in [-0.1, -0.05) is 72.8 Å². The molecule has 3 aromatic rings. The summed E-state index contributed by atoms with van der Waals surface area (Å²) in [6.45, 7) is 0.410. The number of anilines is 1. The Bertz CT molecular complexity index is 1150. The van der Waals surface area contributed by atoms with Crippen LogP contribution in [0.25, 0.3) is 0 Å². The Labute approximate surface area is 182 Å². The van der Waals surface area contributed by atoms with Gasteiger partial charge in [0, 0.05) is 13.6 Å². The van der Waals surface area contributed by atoms with Gasteiger partial charge in [0.25, 0.3) is 5.91 Å². The predicted octanol–water partition coefficient (Wildman–Crippen LogP) is 3.51. The van der Waals surface area contributed by atoms with Crippen molar-refractivity contribution in [2.75, 3.05) is 18.1 Å². The third kappa shape index (κ3) is 6.52. The largest absolute Gasteiger partial charge is 0.337 e. The van der Waals surface area contributed by atoms with E-state index in [2.05, 4.69) is 5.32 Å². The molecule has 0 radical (unpaired) electrons. The predicted molar refractivity (Wildman–Crippen MR) is 121 cm³/mol. The van der Waals surface area contributed by atoms with Crippen LogP contribution in [0.4, 0.5) is 5.69 Å². The summed E-state index contributed by atoms with van der Waals surface area (Å²) in [4.78, 5) is 26.9. The van der Waals surface area contributed by atoms with Gasteiger partial charge < -0.3 is 10.2 Å². The van der Waals surface area contributed by atoms with Crippen LogP contribution >= 0.6 is 0 Å². The van der Waals surface area contributed by atoms with E-state index in [9.17, 15) is 18.0 Å². The van der Waals surface area contributed by atoms with Crippen LogP contribution in [-0.2, 0) is 26.9 Å². The lowest BCUT2D eigenvalue weighted by Gasteiger charge is -2.19. The van der Waals surface area contributed by atoms with Gasteiger partial charge in [-0.05, 0) is 23.3 Å². The highest BCUT2D eigenvalue weighted by Gasteiger charge is 2.21. The molecule has 0 atom stereocenters. The fourth-order valence-electron chi connectivity index (χ4n) is 3.18. The van der Waals surface area contributed by atoms with Crippen LogP contribution in [0.2, 0.25) is 0 Å². The Balaban J connectivity index is 1.68. The van der Waals surface area contributed by atoms with E-state index in [1.54, 1.807) is 66.5 Å². The lowest BCUT2D eigenvalue weighted by atomic mass is 10.1. The van der Waals surface area contributed by atoms with E-state index in [0.717, 1.165) is 5.56 Å². The minimum atomic E-state index is -3.65. The number of benzene rings is 3. The summed E-state index contributed by atoms with van der Waals surface area (Å²) < 4.78 is 24.8. The Kier molecular flexibility index (Phi) is 7.20. The highest BCUT2D eigenvalue weighted by Crippen LogP contribution is 2.18. The highest BCUT2D eigenvalue weighted by atomic mass is 32.2. The third-order valence-corrected chi connectivity index (χ3v) is 6.10. The van der Waals surface area contributed by atoms with E-state index < -0.39 is 21.5 Å². The van der Waals surface area contributed by atoms with E-state index >= 15 is 0 Å². The number of hydrogen-bond acceptors (Lipinski definition) is 4. The number of hydrogen-bond donors (Lipinski definition) is 1. The molecule has 6 nitrogen and oxygen atoms in total. The van der Waals surface area contributed by atoms with Crippen LogP contribution in [0.3, 0.4) is 0 Å². The average molecular weight is 437 g/mol. The lowest BCUT2D eigenvalue weighted by molar-refractivity contribution is -0.113. The molecular weight excluding hydrogens is 412 g/mol. The van der Waals surface area contributed by atoms with Gasteiger partial charge in [0.1, 0.15) is 5.75 Å². The molecule has 3 rings (SSSR count). The summed E-state index contributed by atoms with van der Waals surface area (Å²) >= 11 is 0. The Morgan fingerprint density at radius 3 is 2.00 bits per heavy atom. The molecule has 0 saturated carbocycles. The normalized spacial score (nSPS) is 11.0. The van der Waals surface area contributed by atoms with Crippen LogP contribution in [-0.4, -0.2) is 37.9 Å². The van der Waals surface area contributed by atoms with E-state index in [0.29, 0.717) is 17.7 Å². The van der Waals surface area contributed by atoms with Crippen molar-refractivity contribution in [3.63, 3.8) is 0 Å². The molecule has 31 heavy (non-hydrogen) atoms. The standard InChI is InChI=1S/C24H24N2O4S/c1-26(16-19-10-4-2-5-11-19)24(28)21-14-8-9-15-22(21)25-23(27)18-31(29,30)17-20-12-6-3-7-13-20/h2-15H,16-18H2,1H3,(H,25,27). The summed E-state index contributed by atoms with van der Waals surface area (Å²) in [5.41, 5.74) is 2.18. The molecule has 1 N–H and O–H groups in total. The first-order valence-electron chi connectivity index (χ1n) is 9.77. The number of amides is 2. The molecule has 0 aliphatic rings. The maximum Gasteiger partial charge on any atom is 0.256 e. The lowest BCUT2D eigenvalue weighted by Crippen LogP contribution is -2.29. The maximum absolute atomic E-state index is 12.9. The van der Waals surface area contributed by atoms with E-state index in [-0.39, 0.29) is 17.3 Å².